The molecular weight excluding hydrogens is 506 g/mol. The normalized spacial score (nSPS) is 13.7. The zero-order chi connectivity index (χ0) is 29.0. The minimum Gasteiger partial charge on any atom is -0.481 e. The molecule has 1 heterocycles. The van der Waals surface area contributed by atoms with Gasteiger partial charge >= 0.3 is 18.2 Å². The van der Waals surface area contributed by atoms with Crippen molar-refractivity contribution in [3.8, 4) is 0 Å². The summed E-state index contributed by atoms with van der Waals surface area (Å²) < 4.78 is 11.8. The first-order valence-corrected chi connectivity index (χ1v) is 12.7. The molecule has 0 bridgehead atoms. The first-order valence-electron chi connectivity index (χ1n) is 12.7. The van der Waals surface area contributed by atoms with Gasteiger partial charge in [0.2, 0.25) is 5.96 Å². The molecule has 2 aromatic rings. The van der Waals surface area contributed by atoms with Crippen LogP contribution >= 0.6 is 0 Å². The molecule has 39 heavy (non-hydrogen) atoms. The topological polar surface area (TPSA) is 161 Å². The molecule has 0 fully saturated rings. The maximum Gasteiger partial charge on any atom is 0.437 e. The van der Waals surface area contributed by atoms with E-state index >= 15 is 0 Å². The smallest absolute Gasteiger partial charge is 0.437 e. The summed E-state index contributed by atoms with van der Waals surface area (Å²) in [5.41, 5.74) is 1.17. The Bertz CT molecular complexity index is 1280. The van der Waals surface area contributed by atoms with E-state index < -0.39 is 29.4 Å². The van der Waals surface area contributed by atoms with E-state index in [0.717, 1.165) is 24.1 Å². The summed E-state index contributed by atoms with van der Waals surface area (Å²) in [6, 6.07) is 6.25. The molecule has 3 N–H and O–H groups in total. The molecule has 3 rings (SSSR count). The summed E-state index contributed by atoms with van der Waals surface area (Å²) >= 11 is 0. The highest BCUT2D eigenvalue weighted by Crippen LogP contribution is 2.26. The van der Waals surface area contributed by atoms with Crippen molar-refractivity contribution in [1.29, 1.82) is 0 Å². The largest absolute Gasteiger partial charge is 0.481 e. The summed E-state index contributed by atoms with van der Waals surface area (Å²) in [4.78, 5) is 53.0. The second-order valence-corrected chi connectivity index (χ2v) is 11.1. The van der Waals surface area contributed by atoms with E-state index in [-0.39, 0.29) is 18.3 Å². The number of nitrogens with zero attached hydrogens (tertiary/aromatic N) is 3. The van der Waals surface area contributed by atoms with Gasteiger partial charge in [0.25, 0.3) is 5.91 Å². The van der Waals surface area contributed by atoms with Crippen molar-refractivity contribution in [3.05, 3.63) is 46.8 Å². The molecule has 0 atom stereocenters. The fourth-order valence-corrected chi connectivity index (χ4v) is 3.95. The maximum atomic E-state index is 13.3. The zero-order valence-corrected chi connectivity index (χ0v) is 23.1. The monoisotopic (exact) mass is 541 g/mol. The van der Waals surface area contributed by atoms with Gasteiger partial charge in [-0.05, 0) is 97.1 Å². The third kappa shape index (κ3) is 8.66. The number of carbonyl (C=O) groups excluding carboxylic acids is 3. The van der Waals surface area contributed by atoms with Crippen molar-refractivity contribution in [2.24, 2.45) is 4.99 Å². The van der Waals surface area contributed by atoms with E-state index in [9.17, 15) is 24.3 Å². The van der Waals surface area contributed by atoms with Gasteiger partial charge in [-0.25, -0.2) is 14.3 Å². The summed E-state index contributed by atoms with van der Waals surface area (Å²) in [6.07, 6.45) is 1.16. The Morgan fingerprint density at radius 3 is 2.18 bits per heavy atom. The van der Waals surface area contributed by atoms with Gasteiger partial charge in [0.05, 0.1) is 17.8 Å². The van der Waals surface area contributed by atoms with Crippen LogP contribution in [0.1, 0.15) is 81.7 Å². The zero-order valence-electron chi connectivity index (χ0n) is 23.1. The van der Waals surface area contributed by atoms with Crippen LogP contribution in [0.15, 0.2) is 29.3 Å². The van der Waals surface area contributed by atoms with Crippen LogP contribution in [0.3, 0.4) is 0 Å². The molecule has 12 nitrogen and oxygen atoms in total. The van der Waals surface area contributed by atoms with Gasteiger partial charge in [0, 0.05) is 11.3 Å². The first kappa shape index (κ1) is 29.3. The summed E-state index contributed by atoms with van der Waals surface area (Å²) in [5.74, 6) is -1.61. The van der Waals surface area contributed by atoms with E-state index in [0.29, 0.717) is 29.8 Å². The number of guanidine groups is 1. The minimum atomic E-state index is -1.00. The Morgan fingerprint density at radius 1 is 0.974 bits per heavy atom. The molecule has 1 aromatic carbocycles. The predicted molar refractivity (Wildman–Crippen MR) is 143 cm³/mol. The predicted octanol–water partition coefficient (Wildman–Crippen LogP) is 4.31. The van der Waals surface area contributed by atoms with E-state index in [1.807, 2.05) is 0 Å². The van der Waals surface area contributed by atoms with E-state index in [2.05, 4.69) is 20.7 Å². The van der Waals surface area contributed by atoms with Gasteiger partial charge in [0.15, 0.2) is 0 Å². The van der Waals surface area contributed by atoms with Crippen LogP contribution in [0.25, 0.3) is 0 Å². The van der Waals surface area contributed by atoms with Crippen LogP contribution in [0.4, 0.5) is 15.3 Å². The van der Waals surface area contributed by atoms with Crippen LogP contribution in [-0.4, -0.2) is 56.1 Å². The van der Waals surface area contributed by atoms with Crippen LogP contribution in [0.2, 0.25) is 0 Å². The number of benzene rings is 1. The number of fused-ring (bicyclic) bond motifs is 1. The molecule has 1 aliphatic carbocycles. The number of aliphatic imine (C=N–C) groups is 1. The number of carbonyl (C=O) groups is 4. The van der Waals surface area contributed by atoms with Crippen LogP contribution in [0, 0.1) is 0 Å². The summed E-state index contributed by atoms with van der Waals surface area (Å²) in [7, 11) is 0. The van der Waals surface area contributed by atoms with Gasteiger partial charge in [-0.3, -0.25) is 14.9 Å². The Kier molecular flexibility index (Phi) is 8.78. The Hall–Kier alpha value is -4.22. The number of nitrogens with one attached hydrogen (secondary N) is 2. The lowest BCUT2D eigenvalue weighted by atomic mass is 9.95. The maximum absolute atomic E-state index is 13.3. The molecule has 0 unspecified atom stereocenters. The number of carboxylic acid groups (broad SMARTS) is 1. The number of carboxylic acids is 1. The Morgan fingerprint density at radius 2 is 1.59 bits per heavy atom. The lowest BCUT2D eigenvalue weighted by Crippen LogP contribution is -2.40. The van der Waals surface area contributed by atoms with Gasteiger partial charge in [-0.15, -0.1) is 4.99 Å². The molecule has 210 valence electrons. The molecule has 0 aliphatic heterocycles. The number of hydrogen-bond acceptors (Lipinski definition) is 7. The third-order valence-electron chi connectivity index (χ3n) is 5.38. The molecule has 0 spiro atoms. The third-order valence-corrected chi connectivity index (χ3v) is 5.38. The number of anilines is 1. The van der Waals surface area contributed by atoms with Crippen molar-refractivity contribution >= 4 is 35.7 Å². The molecule has 0 saturated carbocycles. The SMILES string of the molecule is CC(C)(C)OC(=O)N=C(NC(=O)OC(C)(C)C)Nc1ccc(C(=O)n2nc(CC(=O)O)c3c2CCCC3)cc1. The highest BCUT2D eigenvalue weighted by molar-refractivity contribution is 6.06. The highest BCUT2D eigenvalue weighted by atomic mass is 16.6. The minimum absolute atomic E-state index is 0.225. The average molecular weight is 542 g/mol. The lowest BCUT2D eigenvalue weighted by molar-refractivity contribution is -0.136. The second kappa shape index (κ2) is 11.7. The molecule has 2 amide bonds. The van der Waals surface area contributed by atoms with Crippen molar-refractivity contribution in [3.63, 3.8) is 0 Å². The standard InChI is InChI=1S/C27H35N5O7/c1-26(2,3)38-24(36)29-23(30-25(37)39-27(4,5)6)28-17-13-11-16(12-14-17)22(35)32-20-10-8-7-9-18(20)19(31-32)15-21(33)34/h11-14H,7-10,15H2,1-6H3,(H,33,34)(H2,28,29,30,36,37). The number of hydrogen-bond donors (Lipinski definition) is 3. The van der Waals surface area contributed by atoms with Gasteiger partial charge < -0.3 is 19.9 Å². The second-order valence-electron chi connectivity index (χ2n) is 11.1. The summed E-state index contributed by atoms with van der Waals surface area (Å²) in [6.45, 7) is 10.1. The van der Waals surface area contributed by atoms with Crippen LogP contribution in [0.5, 0.6) is 0 Å². The fourth-order valence-electron chi connectivity index (χ4n) is 3.95. The van der Waals surface area contributed by atoms with E-state index in [1.165, 1.54) is 4.68 Å². The van der Waals surface area contributed by atoms with Gasteiger partial charge in [-0.2, -0.15) is 5.10 Å². The first-order chi connectivity index (χ1) is 18.1. The van der Waals surface area contributed by atoms with Crippen molar-refractivity contribution < 1.29 is 33.8 Å². The molecule has 1 aromatic heterocycles. The van der Waals surface area contributed by atoms with Crippen molar-refractivity contribution in [2.75, 3.05) is 5.32 Å². The number of ether oxygens (including phenoxy) is 2. The molecule has 0 radical (unpaired) electrons. The van der Waals surface area contributed by atoms with Crippen molar-refractivity contribution in [1.82, 2.24) is 15.1 Å². The summed E-state index contributed by atoms with van der Waals surface area (Å²) in [5, 5.41) is 18.8. The van der Waals surface area contributed by atoms with E-state index in [4.69, 9.17) is 9.47 Å². The van der Waals surface area contributed by atoms with Gasteiger partial charge in [0.1, 0.15) is 11.2 Å². The van der Waals surface area contributed by atoms with Crippen LogP contribution in [-0.2, 0) is 33.5 Å². The number of rotatable bonds is 4. The number of aliphatic carboxylic acids is 1. The number of aromatic nitrogens is 2. The van der Waals surface area contributed by atoms with Crippen molar-refractivity contribution in [2.45, 2.75) is 84.8 Å². The lowest BCUT2D eigenvalue weighted by Gasteiger charge is -2.21. The van der Waals surface area contributed by atoms with Gasteiger partial charge in [-0.1, -0.05) is 0 Å². The quantitative estimate of drug-likeness (QED) is 0.378. The highest BCUT2D eigenvalue weighted by Gasteiger charge is 2.26. The molecular formula is C27H35N5O7. The fraction of sp³-hybridized carbons (Fsp3) is 0.481. The number of amides is 2. The Labute approximate surface area is 226 Å². The average Bonchev–Trinajstić information content (AvgIpc) is 3.14. The Balaban J connectivity index is 1.82. The molecule has 1 aliphatic rings. The molecule has 0 saturated heterocycles. The van der Waals surface area contributed by atoms with E-state index in [1.54, 1.807) is 65.8 Å². The number of alkyl carbamates (subject to hydrolysis) is 1. The molecule has 12 heteroatoms. The van der Waals surface area contributed by atoms with Crippen LogP contribution < -0.4 is 10.6 Å².